The highest BCUT2D eigenvalue weighted by molar-refractivity contribution is 5.86. The molecule has 3 heteroatoms. The quantitative estimate of drug-likeness (QED) is 0.902. The molecule has 0 saturated carbocycles. The highest BCUT2D eigenvalue weighted by atomic mass is 16.5. The first-order valence-corrected chi connectivity index (χ1v) is 7.59. The van der Waals surface area contributed by atoms with E-state index in [0.29, 0.717) is 6.54 Å². The van der Waals surface area contributed by atoms with Crippen LogP contribution in [0.4, 0.5) is 0 Å². The number of benzene rings is 1. The molecule has 1 aromatic carbocycles. The fourth-order valence-electron chi connectivity index (χ4n) is 3.60. The number of hydrogen-bond acceptors (Lipinski definition) is 2. The Bertz CT molecular complexity index is 609. The number of H-pyrrole nitrogens is 1. The van der Waals surface area contributed by atoms with Crippen molar-refractivity contribution in [1.29, 1.82) is 0 Å². The molecule has 2 aromatic rings. The summed E-state index contributed by atoms with van der Waals surface area (Å²) < 4.78 is 5.56. The van der Waals surface area contributed by atoms with Crippen molar-refractivity contribution in [3.05, 3.63) is 35.0 Å². The molecule has 0 amide bonds. The summed E-state index contributed by atoms with van der Waals surface area (Å²) in [5.41, 5.74) is 11.6. The lowest BCUT2D eigenvalue weighted by molar-refractivity contribution is 0.0532. The Kier molecular flexibility index (Phi) is 3.57. The van der Waals surface area contributed by atoms with E-state index in [4.69, 9.17) is 10.5 Å². The number of ether oxygens (including phenoxy) is 1. The monoisotopic (exact) mass is 272 g/mol. The summed E-state index contributed by atoms with van der Waals surface area (Å²) in [5, 5.41) is 1.36. The lowest BCUT2D eigenvalue weighted by atomic mass is 9.73. The Morgan fingerprint density at radius 1 is 1.30 bits per heavy atom. The summed E-state index contributed by atoms with van der Waals surface area (Å²) in [7, 11) is 0. The summed E-state index contributed by atoms with van der Waals surface area (Å²) >= 11 is 0. The van der Waals surface area contributed by atoms with Crippen molar-refractivity contribution in [2.24, 2.45) is 5.73 Å². The van der Waals surface area contributed by atoms with Crippen molar-refractivity contribution in [3.63, 3.8) is 0 Å². The minimum atomic E-state index is 0.0763. The SMILES string of the molecule is CCc1ccc2[nH]c(C)c(C3(CN)CCOCC3)c2c1. The standard InChI is InChI=1S/C17H24N2O/c1-3-13-4-5-15-14(10-13)16(12(2)19-15)17(11-18)6-8-20-9-7-17/h4-5,10,19H,3,6-9,11,18H2,1-2H3. The zero-order valence-corrected chi connectivity index (χ0v) is 12.5. The second-order valence-corrected chi connectivity index (χ2v) is 5.96. The molecule has 3 N–H and O–H groups in total. The molecule has 2 heterocycles. The molecule has 20 heavy (non-hydrogen) atoms. The first kappa shape index (κ1) is 13.7. The molecule has 1 aliphatic rings. The van der Waals surface area contributed by atoms with E-state index >= 15 is 0 Å². The van der Waals surface area contributed by atoms with Crippen molar-refractivity contribution in [2.75, 3.05) is 19.8 Å². The summed E-state index contributed by atoms with van der Waals surface area (Å²) in [6.45, 7) is 6.70. The normalized spacial score (nSPS) is 18.6. The van der Waals surface area contributed by atoms with E-state index in [0.717, 1.165) is 32.5 Å². The zero-order chi connectivity index (χ0) is 14.2. The van der Waals surface area contributed by atoms with Crippen LogP contribution in [0.15, 0.2) is 18.2 Å². The molecule has 3 rings (SSSR count). The number of nitrogens with one attached hydrogen (secondary N) is 1. The van der Waals surface area contributed by atoms with E-state index in [9.17, 15) is 0 Å². The number of aromatic amines is 1. The Hall–Kier alpha value is -1.32. The number of nitrogens with two attached hydrogens (primary N) is 1. The van der Waals surface area contributed by atoms with Crippen LogP contribution < -0.4 is 5.73 Å². The van der Waals surface area contributed by atoms with Gasteiger partial charge in [-0.25, -0.2) is 0 Å². The van der Waals surface area contributed by atoms with Crippen LogP contribution >= 0.6 is 0 Å². The molecular weight excluding hydrogens is 248 g/mol. The van der Waals surface area contributed by atoms with Crippen LogP contribution in [0.1, 0.15) is 36.6 Å². The first-order chi connectivity index (χ1) is 9.70. The lowest BCUT2D eigenvalue weighted by Crippen LogP contribution is -2.41. The van der Waals surface area contributed by atoms with Crippen molar-refractivity contribution in [2.45, 2.75) is 38.5 Å². The van der Waals surface area contributed by atoms with Crippen molar-refractivity contribution >= 4 is 10.9 Å². The summed E-state index contributed by atoms with van der Waals surface area (Å²) in [4.78, 5) is 3.54. The van der Waals surface area contributed by atoms with Gasteiger partial charge in [-0.2, -0.15) is 0 Å². The van der Waals surface area contributed by atoms with E-state index in [1.807, 2.05) is 0 Å². The Balaban J connectivity index is 2.20. The van der Waals surface area contributed by atoms with Crippen LogP contribution in [0.25, 0.3) is 10.9 Å². The molecule has 1 fully saturated rings. The first-order valence-electron chi connectivity index (χ1n) is 7.59. The molecular formula is C17H24N2O. The van der Waals surface area contributed by atoms with E-state index < -0.39 is 0 Å². The van der Waals surface area contributed by atoms with Gasteiger partial charge < -0.3 is 15.5 Å². The van der Waals surface area contributed by atoms with E-state index in [1.54, 1.807) is 0 Å². The third-order valence-corrected chi connectivity index (χ3v) is 4.83. The average molecular weight is 272 g/mol. The zero-order valence-electron chi connectivity index (χ0n) is 12.5. The smallest absolute Gasteiger partial charge is 0.0475 e. The van der Waals surface area contributed by atoms with Crippen molar-refractivity contribution in [1.82, 2.24) is 4.98 Å². The van der Waals surface area contributed by atoms with Gasteiger partial charge in [0.05, 0.1) is 0 Å². The van der Waals surface area contributed by atoms with Crippen LogP contribution in [-0.4, -0.2) is 24.7 Å². The number of rotatable bonds is 3. The topological polar surface area (TPSA) is 51.0 Å². The van der Waals surface area contributed by atoms with Gasteiger partial charge in [0.1, 0.15) is 0 Å². The van der Waals surface area contributed by atoms with Gasteiger partial charge in [0.2, 0.25) is 0 Å². The maximum Gasteiger partial charge on any atom is 0.0475 e. The van der Waals surface area contributed by atoms with Gasteiger partial charge in [0, 0.05) is 41.8 Å². The minimum absolute atomic E-state index is 0.0763. The summed E-state index contributed by atoms with van der Waals surface area (Å²) in [5.74, 6) is 0. The number of fused-ring (bicyclic) bond motifs is 1. The van der Waals surface area contributed by atoms with Gasteiger partial charge in [0.15, 0.2) is 0 Å². The highest BCUT2D eigenvalue weighted by Gasteiger charge is 2.36. The van der Waals surface area contributed by atoms with Gasteiger partial charge in [0.25, 0.3) is 0 Å². The van der Waals surface area contributed by atoms with Gasteiger partial charge in [-0.05, 0) is 49.4 Å². The van der Waals surface area contributed by atoms with E-state index in [-0.39, 0.29) is 5.41 Å². The average Bonchev–Trinajstić information content (AvgIpc) is 2.83. The molecule has 0 bridgehead atoms. The fraction of sp³-hybridized carbons (Fsp3) is 0.529. The second kappa shape index (κ2) is 5.23. The van der Waals surface area contributed by atoms with Gasteiger partial charge in [-0.1, -0.05) is 13.0 Å². The summed E-state index contributed by atoms with van der Waals surface area (Å²) in [6.07, 6.45) is 3.11. The van der Waals surface area contributed by atoms with Crippen LogP contribution in [0.2, 0.25) is 0 Å². The molecule has 0 unspecified atom stereocenters. The number of aryl methyl sites for hydroxylation is 2. The van der Waals surface area contributed by atoms with Crippen LogP contribution in [-0.2, 0) is 16.6 Å². The third-order valence-electron chi connectivity index (χ3n) is 4.83. The maximum absolute atomic E-state index is 6.19. The van der Waals surface area contributed by atoms with Gasteiger partial charge >= 0.3 is 0 Å². The van der Waals surface area contributed by atoms with E-state index in [2.05, 4.69) is 37.0 Å². The molecule has 0 radical (unpaired) electrons. The molecule has 1 aromatic heterocycles. The van der Waals surface area contributed by atoms with Crippen LogP contribution in [0.3, 0.4) is 0 Å². The van der Waals surface area contributed by atoms with Crippen molar-refractivity contribution in [3.8, 4) is 0 Å². The molecule has 0 aliphatic carbocycles. The molecule has 0 spiro atoms. The maximum atomic E-state index is 6.19. The third kappa shape index (κ3) is 2.05. The predicted octanol–water partition coefficient (Wildman–Crippen LogP) is 3.05. The van der Waals surface area contributed by atoms with Crippen molar-refractivity contribution < 1.29 is 4.74 Å². The largest absolute Gasteiger partial charge is 0.381 e. The minimum Gasteiger partial charge on any atom is -0.381 e. The molecule has 1 saturated heterocycles. The highest BCUT2D eigenvalue weighted by Crippen LogP contribution is 2.40. The summed E-state index contributed by atoms with van der Waals surface area (Å²) in [6, 6.07) is 6.75. The number of hydrogen-bond donors (Lipinski definition) is 2. The van der Waals surface area contributed by atoms with Gasteiger partial charge in [-0.15, -0.1) is 0 Å². The Labute approximate surface area is 120 Å². The van der Waals surface area contributed by atoms with Crippen LogP contribution in [0.5, 0.6) is 0 Å². The molecule has 0 atom stereocenters. The fourth-order valence-corrected chi connectivity index (χ4v) is 3.60. The lowest BCUT2D eigenvalue weighted by Gasteiger charge is -2.37. The van der Waals surface area contributed by atoms with Gasteiger partial charge in [-0.3, -0.25) is 0 Å². The molecule has 3 nitrogen and oxygen atoms in total. The molecule has 1 aliphatic heterocycles. The van der Waals surface area contributed by atoms with Crippen LogP contribution in [0, 0.1) is 6.92 Å². The predicted molar refractivity (Wildman–Crippen MR) is 83.2 cm³/mol. The second-order valence-electron chi connectivity index (χ2n) is 5.96. The Morgan fingerprint density at radius 2 is 2.05 bits per heavy atom. The van der Waals surface area contributed by atoms with E-state index in [1.165, 1.54) is 27.7 Å². The molecule has 108 valence electrons. The Morgan fingerprint density at radius 3 is 2.70 bits per heavy atom. The number of aromatic nitrogens is 1.